The van der Waals surface area contributed by atoms with Crippen molar-refractivity contribution in [1.29, 1.82) is 0 Å². The molecule has 8 heteroatoms. The van der Waals surface area contributed by atoms with Crippen molar-refractivity contribution in [1.82, 2.24) is 10.2 Å². The molecule has 2 atom stereocenters. The Bertz CT molecular complexity index is 883. The van der Waals surface area contributed by atoms with Crippen molar-refractivity contribution in [2.45, 2.75) is 38.6 Å². The predicted octanol–water partition coefficient (Wildman–Crippen LogP) is 3.40. The van der Waals surface area contributed by atoms with Gasteiger partial charge in [0, 0.05) is 29.4 Å². The molecule has 1 aromatic heterocycles. The first-order valence-electron chi connectivity index (χ1n) is 10.3. The number of aliphatic hydroxyl groups is 1. The lowest BCUT2D eigenvalue weighted by atomic mass is 10.1. The number of carbonyl (C=O) groups is 2. The molecule has 0 radical (unpaired) electrons. The number of benzene rings is 1. The van der Waals surface area contributed by atoms with Gasteiger partial charge in [0.2, 0.25) is 0 Å². The predicted molar refractivity (Wildman–Crippen MR) is 118 cm³/mol. The van der Waals surface area contributed by atoms with Crippen LogP contribution in [0.4, 0.5) is 4.79 Å². The Morgan fingerprint density at radius 3 is 2.68 bits per heavy atom. The second-order valence-electron chi connectivity index (χ2n) is 7.18. The van der Waals surface area contributed by atoms with Crippen LogP contribution in [0.1, 0.15) is 34.8 Å². The van der Waals surface area contributed by atoms with E-state index >= 15 is 0 Å². The van der Waals surface area contributed by atoms with E-state index < -0.39 is 24.2 Å². The topological polar surface area (TPSA) is 88.1 Å². The van der Waals surface area contributed by atoms with Gasteiger partial charge in [-0.05, 0) is 31.0 Å². The molecule has 0 saturated carbocycles. The fraction of sp³-hybridized carbons (Fsp3) is 0.391. The Morgan fingerprint density at radius 2 is 1.97 bits per heavy atom. The molecule has 2 aromatic rings. The van der Waals surface area contributed by atoms with Crippen LogP contribution in [0.15, 0.2) is 54.6 Å². The van der Waals surface area contributed by atoms with E-state index in [9.17, 15) is 14.7 Å². The number of ether oxygens (including phenoxy) is 2. The first kappa shape index (κ1) is 23.0. The van der Waals surface area contributed by atoms with Crippen LogP contribution in [-0.2, 0) is 27.4 Å². The van der Waals surface area contributed by atoms with Crippen molar-refractivity contribution in [2.24, 2.45) is 0 Å². The van der Waals surface area contributed by atoms with Gasteiger partial charge in [0.05, 0.1) is 6.61 Å². The normalized spacial score (nSPS) is 15.8. The molecule has 2 unspecified atom stereocenters. The number of amides is 1. The summed E-state index contributed by atoms with van der Waals surface area (Å²) in [6.07, 6.45) is 3.32. The number of alkyl carbamates (subject to hydrolysis) is 1. The molecular weight excluding hydrogens is 416 g/mol. The summed E-state index contributed by atoms with van der Waals surface area (Å²) < 4.78 is 10.3. The molecule has 2 heterocycles. The number of aliphatic hydroxyl groups excluding tert-OH is 1. The zero-order chi connectivity index (χ0) is 22.1. The van der Waals surface area contributed by atoms with Crippen LogP contribution < -0.4 is 5.32 Å². The first-order chi connectivity index (χ1) is 15.1. The van der Waals surface area contributed by atoms with Crippen LogP contribution in [0.2, 0.25) is 0 Å². The summed E-state index contributed by atoms with van der Waals surface area (Å²) in [5, 5.41) is 13.3. The fourth-order valence-corrected chi connectivity index (χ4v) is 4.33. The van der Waals surface area contributed by atoms with E-state index in [4.69, 9.17) is 9.47 Å². The third-order valence-corrected chi connectivity index (χ3v) is 5.98. The maximum atomic E-state index is 12.4. The molecule has 0 saturated heterocycles. The van der Waals surface area contributed by atoms with Crippen LogP contribution in [0.3, 0.4) is 0 Å². The Hall–Kier alpha value is -2.68. The van der Waals surface area contributed by atoms with Crippen LogP contribution in [0.25, 0.3) is 0 Å². The molecule has 7 nitrogen and oxygen atoms in total. The highest BCUT2D eigenvalue weighted by Crippen LogP contribution is 2.27. The SMILES string of the molecule is CCOC(=O)C(NC(=O)OCc1ccccc1)C(O)c1ccc(CN2CC=CCC2)s1. The molecule has 1 aromatic carbocycles. The highest BCUT2D eigenvalue weighted by molar-refractivity contribution is 7.12. The molecule has 2 N–H and O–H groups in total. The maximum Gasteiger partial charge on any atom is 0.408 e. The van der Waals surface area contributed by atoms with Crippen LogP contribution >= 0.6 is 11.3 Å². The molecule has 0 fully saturated rings. The Labute approximate surface area is 186 Å². The zero-order valence-electron chi connectivity index (χ0n) is 17.5. The van der Waals surface area contributed by atoms with Gasteiger partial charge in [-0.1, -0.05) is 42.5 Å². The van der Waals surface area contributed by atoms with Gasteiger partial charge in [-0.15, -0.1) is 11.3 Å². The van der Waals surface area contributed by atoms with Gasteiger partial charge >= 0.3 is 12.1 Å². The van der Waals surface area contributed by atoms with Crippen molar-refractivity contribution >= 4 is 23.4 Å². The molecule has 1 amide bonds. The average molecular weight is 445 g/mol. The summed E-state index contributed by atoms with van der Waals surface area (Å²) in [6.45, 7) is 4.54. The number of nitrogens with one attached hydrogen (secondary N) is 1. The van der Waals surface area contributed by atoms with E-state index in [1.54, 1.807) is 13.0 Å². The van der Waals surface area contributed by atoms with Crippen molar-refractivity contribution in [3.63, 3.8) is 0 Å². The van der Waals surface area contributed by atoms with E-state index in [1.165, 1.54) is 11.3 Å². The number of hydrogen-bond donors (Lipinski definition) is 2. The Balaban J connectivity index is 1.62. The Morgan fingerprint density at radius 1 is 1.16 bits per heavy atom. The summed E-state index contributed by atoms with van der Waals surface area (Å²) in [6, 6.07) is 11.7. The summed E-state index contributed by atoms with van der Waals surface area (Å²) in [4.78, 5) is 28.7. The summed E-state index contributed by atoms with van der Waals surface area (Å²) in [5.41, 5.74) is 0.821. The summed E-state index contributed by atoms with van der Waals surface area (Å²) in [5.74, 6) is -0.706. The maximum absolute atomic E-state index is 12.4. The van der Waals surface area contributed by atoms with Gasteiger partial charge in [-0.2, -0.15) is 0 Å². The van der Waals surface area contributed by atoms with E-state index in [0.717, 1.165) is 36.5 Å². The monoisotopic (exact) mass is 444 g/mol. The van der Waals surface area contributed by atoms with E-state index in [-0.39, 0.29) is 13.2 Å². The highest BCUT2D eigenvalue weighted by Gasteiger charge is 2.32. The van der Waals surface area contributed by atoms with E-state index in [1.807, 2.05) is 36.4 Å². The summed E-state index contributed by atoms with van der Waals surface area (Å²) >= 11 is 1.42. The highest BCUT2D eigenvalue weighted by atomic mass is 32.1. The third kappa shape index (κ3) is 6.92. The molecule has 1 aliphatic rings. The minimum absolute atomic E-state index is 0.0613. The first-order valence-corrected chi connectivity index (χ1v) is 11.2. The third-order valence-electron chi connectivity index (χ3n) is 4.84. The van der Waals surface area contributed by atoms with Gasteiger partial charge in [-0.25, -0.2) is 9.59 Å². The standard InChI is InChI=1S/C23H28N2O5S/c1-2-29-22(27)20(24-23(28)30-16-17-9-5-3-6-10-17)21(26)19-12-11-18(31-19)15-25-13-7-4-8-14-25/h3-7,9-12,20-21,26H,2,8,13-16H2,1H3,(H,24,28). The van der Waals surface area contributed by atoms with Gasteiger partial charge in [-0.3, -0.25) is 4.90 Å². The molecule has 166 valence electrons. The molecule has 0 bridgehead atoms. The minimum Gasteiger partial charge on any atom is -0.464 e. The second kappa shape index (κ2) is 11.6. The number of hydrogen-bond acceptors (Lipinski definition) is 7. The van der Waals surface area contributed by atoms with Crippen LogP contribution in [0.5, 0.6) is 0 Å². The average Bonchev–Trinajstić information content (AvgIpc) is 3.25. The van der Waals surface area contributed by atoms with Gasteiger partial charge in [0.1, 0.15) is 12.7 Å². The largest absolute Gasteiger partial charge is 0.464 e. The molecule has 31 heavy (non-hydrogen) atoms. The molecule has 0 aliphatic carbocycles. The van der Waals surface area contributed by atoms with Crippen molar-refractivity contribution in [2.75, 3.05) is 19.7 Å². The van der Waals surface area contributed by atoms with Gasteiger partial charge < -0.3 is 19.9 Å². The smallest absolute Gasteiger partial charge is 0.408 e. The number of rotatable bonds is 9. The van der Waals surface area contributed by atoms with E-state index in [0.29, 0.717) is 4.88 Å². The molecule has 3 rings (SSSR count). The van der Waals surface area contributed by atoms with E-state index in [2.05, 4.69) is 22.4 Å². The van der Waals surface area contributed by atoms with Crippen molar-refractivity contribution < 1.29 is 24.2 Å². The fourth-order valence-electron chi connectivity index (χ4n) is 3.25. The van der Waals surface area contributed by atoms with Gasteiger partial charge in [0.25, 0.3) is 0 Å². The van der Waals surface area contributed by atoms with Crippen LogP contribution in [-0.4, -0.2) is 47.8 Å². The lowest BCUT2D eigenvalue weighted by molar-refractivity contribution is -0.148. The zero-order valence-corrected chi connectivity index (χ0v) is 18.3. The van der Waals surface area contributed by atoms with Crippen LogP contribution in [0, 0.1) is 0 Å². The lowest BCUT2D eigenvalue weighted by Gasteiger charge is -2.22. The summed E-state index contributed by atoms with van der Waals surface area (Å²) in [7, 11) is 0. The minimum atomic E-state index is -1.26. The van der Waals surface area contributed by atoms with Gasteiger partial charge in [0.15, 0.2) is 6.04 Å². The number of esters is 1. The molecule has 0 spiro atoms. The second-order valence-corrected chi connectivity index (χ2v) is 8.38. The van der Waals surface area contributed by atoms with Crippen molar-refractivity contribution in [3.05, 3.63) is 69.9 Å². The Kier molecular flexibility index (Phi) is 8.63. The number of nitrogens with zero attached hydrogens (tertiary/aromatic N) is 1. The van der Waals surface area contributed by atoms with Crippen molar-refractivity contribution in [3.8, 4) is 0 Å². The molecule has 1 aliphatic heterocycles. The quantitative estimate of drug-likeness (QED) is 0.455. The molecular formula is C23H28N2O5S. The number of carbonyl (C=O) groups excluding carboxylic acids is 2. The lowest BCUT2D eigenvalue weighted by Crippen LogP contribution is -2.46. The number of thiophene rings is 1.